The molecule has 0 bridgehead atoms. The summed E-state index contributed by atoms with van der Waals surface area (Å²) in [7, 11) is 0. The summed E-state index contributed by atoms with van der Waals surface area (Å²) in [6.07, 6.45) is 0.696. The van der Waals surface area contributed by atoms with E-state index >= 15 is 0 Å². The number of urea groups is 1. The monoisotopic (exact) mass is 343 g/mol. The van der Waals surface area contributed by atoms with Gasteiger partial charge in [0, 0.05) is 6.54 Å². The predicted molar refractivity (Wildman–Crippen MR) is 94.4 cm³/mol. The van der Waals surface area contributed by atoms with Gasteiger partial charge in [0.15, 0.2) is 0 Å². The number of hydrogen-bond acceptors (Lipinski definition) is 2. The van der Waals surface area contributed by atoms with Crippen molar-refractivity contribution in [2.24, 2.45) is 5.73 Å². The lowest BCUT2D eigenvalue weighted by Gasteiger charge is -2.19. The van der Waals surface area contributed by atoms with E-state index in [0.717, 1.165) is 16.7 Å². The van der Waals surface area contributed by atoms with Crippen LogP contribution in [-0.4, -0.2) is 18.5 Å². The summed E-state index contributed by atoms with van der Waals surface area (Å²) in [5.41, 5.74) is 8.00. The molecule has 0 fully saturated rings. The number of aryl methyl sites for hydroxylation is 1. The van der Waals surface area contributed by atoms with E-state index in [1.165, 1.54) is 12.1 Å². The summed E-state index contributed by atoms with van der Waals surface area (Å²) in [4.78, 5) is 23.5. The van der Waals surface area contributed by atoms with E-state index < -0.39 is 12.1 Å². The molecule has 0 radical (unpaired) electrons. The van der Waals surface area contributed by atoms with E-state index in [1.54, 1.807) is 12.1 Å². The summed E-state index contributed by atoms with van der Waals surface area (Å²) >= 11 is 0. The van der Waals surface area contributed by atoms with Crippen LogP contribution in [0.15, 0.2) is 48.5 Å². The Morgan fingerprint density at radius 1 is 1.12 bits per heavy atom. The smallest absolute Gasteiger partial charge is 0.312 e. The molecule has 1 unspecified atom stereocenters. The van der Waals surface area contributed by atoms with Gasteiger partial charge in [-0.2, -0.15) is 0 Å². The molecule has 0 aliphatic heterocycles. The van der Waals surface area contributed by atoms with Crippen LogP contribution in [-0.2, 0) is 11.2 Å². The summed E-state index contributed by atoms with van der Waals surface area (Å²) in [5, 5.41) is 5.43. The summed E-state index contributed by atoms with van der Waals surface area (Å²) < 4.78 is 12.9. The number of carbonyl (C=O) groups is 2. The molecular weight excluding hydrogens is 321 g/mol. The molecule has 4 N–H and O–H groups in total. The Labute approximate surface area is 146 Å². The Kier molecular flexibility index (Phi) is 6.51. The molecule has 6 heteroatoms. The summed E-state index contributed by atoms with van der Waals surface area (Å²) in [6, 6.07) is 12.5. The molecule has 25 heavy (non-hydrogen) atoms. The average molecular weight is 343 g/mol. The quantitative estimate of drug-likeness (QED) is 0.722. The molecule has 2 rings (SSSR count). The molecular formula is C19H22FN3O2. The number of benzene rings is 2. The third-order valence-electron chi connectivity index (χ3n) is 3.92. The fourth-order valence-electron chi connectivity index (χ4n) is 2.64. The molecule has 5 nitrogen and oxygen atoms in total. The Morgan fingerprint density at radius 2 is 1.80 bits per heavy atom. The minimum Gasteiger partial charge on any atom is -0.356 e. The molecule has 0 aromatic heterocycles. The number of rotatable bonds is 7. The fourth-order valence-corrected chi connectivity index (χ4v) is 2.64. The topological polar surface area (TPSA) is 84.2 Å². The highest BCUT2D eigenvalue weighted by Gasteiger charge is 2.18. The highest BCUT2D eigenvalue weighted by atomic mass is 19.1. The maximum absolute atomic E-state index is 12.9. The third-order valence-corrected chi connectivity index (χ3v) is 3.92. The molecule has 132 valence electrons. The third kappa shape index (κ3) is 5.91. The van der Waals surface area contributed by atoms with Gasteiger partial charge < -0.3 is 16.4 Å². The Balaban J connectivity index is 1.91. The fraction of sp³-hybridized carbons (Fsp3) is 0.263. The van der Waals surface area contributed by atoms with Crippen molar-refractivity contribution >= 4 is 11.9 Å². The first-order valence-electron chi connectivity index (χ1n) is 8.08. The van der Waals surface area contributed by atoms with Gasteiger partial charge in [-0.05, 0) is 42.2 Å². The molecule has 0 saturated heterocycles. The molecule has 0 saturated carbocycles. The van der Waals surface area contributed by atoms with Gasteiger partial charge in [-0.15, -0.1) is 0 Å². The van der Waals surface area contributed by atoms with Crippen LogP contribution in [0.4, 0.5) is 9.18 Å². The number of primary amides is 1. The number of amides is 3. The molecule has 0 aliphatic carbocycles. The minimum absolute atomic E-state index is 0.0945. The molecule has 3 amide bonds. The van der Waals surface area contributed by atoms with E-state index in [1.807, 2.05) is 31.2 Å². The Morgan fingerprint density at radius 3 is 2.44 bits per heavy atom. The Bertz CT molecular complexity index is 732. The lowest BCUT2D eigenvalue weighted by Crippen LogP contribution is -2.37. The van der Waals surface area contributed by atoms with E-state index in [-0.39, 0.29) is 18.1 Å². The zero-order chi connectivity index (χ0) is 18.2. The van der Waals surface area contributed by atoms with Crippen LogP contribution in [0.1, 0.15) is 29.2 Å². The van der Waals surface area contributed by atoms with Gasteiger partial charge >= 0.3 is 6.03 Å². The lowest BCUT2D eigenvalue weighted by molar-refractivity contribution is -0.121. The lowest BCUT2D eigenvalue weighted by atomic mass is 9.98. The number of halogens is 1. The molecule has 1 atom stereocenters. The summed E-state index contributed by atoms with van der Waals surface area (Å²) in [6.45, 7) is 2.35. The van der Waals surface area contributed by atoms with Crippen molar-refractivity contribution in [1.29, 1.82) is 0 Å². The zero-order valence-electron chi connectivity index (χ0n) is 14.1. The number of nitrogens with one attached hydrogen (secondary N) is 2. The van der Waals surface area contributed by atoms with Gasteiger partial charge in [-0.25, -0.2) is 9.18 Å². The van der Waals surface area contributed by atoms with Crippen molar-refractivity contribution in [1.82, 2.24) is 10.6 Å². The number of carbonyl (C=O) groups excluding carboxylic acids is 2. The zero-order valence-corrected chi connectivity index (χ0v) is 14.1. The second kappa shape index (κ2) is 8.82. The van der Waals surface area contributed by atoms with Crippen molar-refractivity contribution in [3.8, 4) is 0 Å². The standard InChI is InChI=1S/C19H22FN3O2/c1-13-4-2-3-5-16(13)17(23-19(21)25)12-18(24)22-11-10-14-6-8-15(20)9-7-14/h2-9,17H,10-12H2,1H3,(H,22,24)(H3,21,23,25). The van der Waals surface area contributed by atoms with Crippen molar-refractivity contribution in [2.75, 3.05) is 6.54 Å². The van der Waals surface area contributed by atoms with Crippen molar-refractivity contribution < 1.29 is 14.0 Å². The van der Waals surface area contributed by atoms with Gasteiger partial charge in [0.1, 0.15) is 5.82 Å². The molecule has 0 spiro atoms. The molecule has 2 aromatic rings. The van der Waals surface area contributed by atoms with Crippen LogP contribution >= 0.6 is 0 Å². The summed E-state index contributed by atoms with van der Waals surface area (Å²) in [5.74, 6) is -0.476. The van der Waals surface area contributed by atoms with Gasteiger partial charge in [0.2, 0.25) is 5.91 Å². The normalized spacial score (nSPS) is 11.6. The van der Waals surface area contributed by atoms with E-state index in [0.29, 0.717) is 13.0 Å². The van der Waals surface area contributed by atoms with Crippen LogP contribution in [0.2, 0.25) is 0 Å². The van der Waals surface area contributed by atoms with Crippen LogP contribution in [0.5, 0.6) is 0 Å². The average Bonchev–Trinajstić information content (AvgIpc) is 2.56. The van der Waals surface area contributed by atoms with E-state index in [9.17, 15) is 14.0 Å². The molecule has 0 heterocycles. The number of nitrogens with two attached hydrogens (primary N) is 1. The van der Waals surface area contributed by atoms with Gasteiger partial charge in [0.25, 0.3) is 0 Å². The maximum atomic E-state index is 12.9. The van der Waals surface area contributed by atoms with Crippen molar-refractivity contribution in [3.63, 3.8) is 0 Å². The van der Waals surface area contributed by atoms with E-state index in [2.05, 4.69) is 10.6 Å². The highest BCUT2D eigenvalue weighted by Crippen LogP contribution is 2.20. The van der Waals surface area contributed by atoms with Gasteiger partial charge in [-0.1, -0.05) is 36.4 Å². The van der Waals surface area contributed by atoms with Crippen LogP contribution in [0.25, 0.3) is 0 Å². The van der Waals surface area contributed by atoms with Crippen LogP contribution in [0.3, 0.4) is 0 Å². The first-order chi connectivity index (χ1) is 12.0. The molecule has 0 aliphatic rings. The minimum atomic E-state index is -0.674. The number of hydrogen-bond donors (Lipinski definition) is 3. The largest absolute Gasteiger partial charge is 0.356 e. The second-order valence-electron chi connectivity index (χ2n) is 5.85. The molecule has 2 aromatic carbocycles. The van der Waals surface area contributed by atoms with Gasteiger partial charge in [-0.3, -0.25) is 4.79 Å². The second-order valence-corrected chi connectivity index (χ2v) is 5.85. The van der Waals surface area contributed by atoms with Crippen molar-refractivity contribution in [2.45, 2.75) is 25.8 Å². The van der Waals surface area contributed by atoms with Crippen molar-refractivity contribution in [3.05, 3.63) is 71.0 Å². The first kappa shape index (κ1) is 18.4. The van der Waals surface area contributed by atoms with Gasteiger partial charge in [0.05, 0.1) is 12.5 Å². The van der Waals surface area contributed by atoms with E-state index in [4.69, 9.17) is 5.73 Å². The van der Waals surface area contributed by atoms with Crippen LogP contribution < -0.4 is 16.4 Å². The maximum Gasteiger partial charge on any atom is 0.312 e. The Hall–Kier alpha value is -2.89. The predicted octanol–water partition coefficient (Wildman–Crippen LogP) is 2.59. The highest BCUT2D eigenvalue weighted by molar-refractivity contribution is 5.78. The first-order valence-corrected chi connectivity index (χ1v) is 8.08. The SMILES string of the molecule is Cc1ccccc1C(CC(=O)NCCc1ccc(F)cc1)NC(N)=O. The van der Waals surface area contributed by atoms with Crippen LogP contribution in [0, 0.1) is 12.7 Å².